The lowest BCUT2D eigenvalue weighted by molar-refractivity contribution is -0.139. The number of benzene rings is 1. The minimum absolute atomic E-state index is 0.284. The third-order valence-corrected chi connectivity index (χ3v) is 4.08. The molecule has 0 radical (unpaired) electrons. The molecule has 1 aromatic rings. The maximum absolute atomic E-state index is 11.9. The summed E-state index contributed by atoms with van der Waals surface area (Å²) in [6.45, 7) is 7.67. The molecular weight excluding hydrogens is 300 g/mol. The first-order chi connectivity index (χ1) is 11.7. The summed E-state index contributed by atoms with van der Waals surface area (Å²) < 4.78 is 11.2. The van der Waals surface area contributed by atoms with Crippen LogP contribution in [0.3, 0.4) is 0 Å². The van der Waals surface area contributed by atoms with Crippen LogP contribution in [0.2, 0.25) is 0 Å². The van der Waals surface area contributed by atoms with Gasteiger partial charge in [0.2, 0.25) is 0 Å². The normalized spacial score (nSPS) is 12.3. The number of carbonyl (C=O) groups excluding carboxylic acids is 1. The number of para-hydroxylation sites is 1. The molecule has 3 nitrogen and oxygen atoms in total. The van der Waals surface area contributed by atoms with Crippen molar-refractivity contribution in [2.24, 2.45) is 5.92 Å². The molecule has 0 saturated heterocycles. The first kappa shape index (κ1) is 20.3. The van der Waals surface area contributed by atoms with Gasteiger partial charge in [-0.2, -0.15) is 0 Å². The van der Waals surface area contributed by atoms with Crippen molar-refractivity contribution in [1.82, 2.24) is 0 Å². The SMILES string of the molecule is CCCCOc1ccccc1C=CC(=O)OCC(CC)CCCC. The molecule has 0 aromatic heterocycles. The molecule has 24 heavy (non-hydrogen) atoms. The molecule has 134 valence electrons. The van der Waals surface area contributed by atoms with Crippen LogP contribution in [-0.2, 0) is 9.53 Å². The minimum Gasteiger partial charge on any atom is -0.493 e. The van der Waals surface area contributed by atoms with E-state index in [0.29, 0.717) is 19.1 Å². The van der Waals surface area contributed by atoms with Gasteiger partial charge in [-0.3, -0.25) is 0 Å². The van der Waals surface area contributed by atoms with Crippen LogP contribution in [-0.4, -0.2) is 19.2 Å². The molecule has 0 spiro atoms. The van der Waals surface area contributed by atoms with Gasteiger partial charge in [-0.1, -0.05) is 64.7 Å². The van der Waals surface area contributed by atoms with Crippen LogP contribution >= 0.6 is 0 Å². The maximum Gasteiger partial charge on any atom is 0.330 e. The number of carbonyl (C=O) groups is 1. The van der Waals surface area contributed by atoms with Gasteiger partial charge in [0.1, 0.15) is 5.75 Å². The highest BCUT2D eigenvalue weighted by Crippen LogP contribution is 2.20. The van der Waals surface area contributed by atoms with Crippen molar-refractivity contribution in [3.63, 3.8) is 0 Å². The largest absolute Gasteiger partial charge is 0.493 e. The molecule has 1 aromatic carbocycles. The molecule has 0 bridgehead atoms. The summed E-state index contributed by atoms with van der Waals surface area (Å²) >= 11 is 0. The average Bonchev–Trinajstić information content (AvgIpc) is 2.61. The molecule has 0 aliphatic heterocycles. The topological polar surface area (TPSA) is 35.5 Å². The van der Waals surface area contributed by atoms with Gasteiger partial charge < -0.3 is 9.47 Å². The summed E-state index contributed by atoms with van der Waals surface area (Å²) in [5, 5.41) is 0. The Morgan fingerprint density at radius 1 is 1.12 bits per heavy atom. The number of hydrogen-bond acceptors (Lipinski definition) is 3. The zero-order chi connectivity index (χ0) is 17.6. The standard InChI is InChI=1S/C21H32O3/c1-4-7-11-18(6-3)17-24-21(22)15-14-19-12-9-10-13-20(19)23-16-8-5-2/h9-10,12-15,18H,4-8,11,16-17H2,1-3H3. The predicted octanol–water partition coefficient (Wildman–Crippen LogP) is 5.64. The van der Waals surface area contributed by atoms with Crippen molar-refractivity contribution in [2.75, 3.05) is 13.2 Å². The third kappa shape index (κ3) is 8.19. The van der Waals surface area contributed by atoms with Gasteiger partial charge in [0.05, 0.1) is 13.2 Å². The molecule has 3 heteroatoms. The van der Waals surface area contributed by atoms with Gasteiger partial charge in [-0.15, -0.1) is 0 Å². The van der Waals surface area contributed by atoms with Crippen LogP contribution in [0.5, 0.6) is 5.75 Å². The molecule has 0 heterocycles. The van der Waals surface area contributed by atoms with Gasteiger partial charge in [0, 0.05) is 11.6 Å². The monoisotopic (exact) mass is 332 g/mol. The molecule has 1 atom stereocenters. The lowest BCUT2D eigenvalue weighted by Crippen LogP contribution is -2.12. The Kier molecular flexibility index (Phi) is 10.7. The predicted molar refractivity (Wildman–Crippen MR) is 100 cm³/mol. The van der Waals surface area contributed by atoms with Crippen LogP contribution in [0.15, 0.2) is 30.3 Å². The molecular formula is C21H32O3. The van der Waals surface area contributed by atoms with Gasteiger partial charge in [0.25, 0.3) is 0 Å². The lowest BCUT2D eigenvalue weighted by atomic mass is 10.0. The average molecular weight is 332 g/mol. The van der Waals surface area contributed by atoms with E-state index in [2.05, 4.69) is 20.8 Å². The summed E-state index contributed by atoms with van der Waals surface area (Å²) in [5.41, 5.74) is 0.906. The quantitative estimate of drug-likeness (QED) is 0.282. The van der Waals surface area contributed by atoms with E-state index in [4.69, 9.17) is 9.47 Å². The molecule has 0 amide bonds. The molecule has 0 N–H and O–H groups in total. The molecule has 0 fully saturated rings. The molecule has 0 saturated carbocycles. The zero-order valence-corrected chi connectivity index (χ0v) is 15.4. The fraction of sp³-hybridized carbons (Fsp3) is 0.571. The van der Waals surface area contributed by atoms with Crippen LogP contribution in [0.4, 0.5) is 0 Å². The van der Waals surface area contributed by atoms with Crippen LogP contribution in [0, 0.1) is 5.92 Å². The van der Waals surface area contributed by atoms with Crippen molar-refractivity contribution in [3.8, 4) is 5.75 Å². The highest BCUT2D eigenvalue weighted by molar-refractivity contribution is 5.87. The lowest BCUT2D eigenvalue weighted by Gasteiger charge is -2.13. The summed E-state index contributed by atoms with van der Waals surface area (Å²) in [6, 6.07) is 7.76. The van der Waals surface area contributed by atoms with Gasteiger partial charge in [-0.25, -0.2) is 4.79 Å². The van der Waals surface area contributed by atoms with E-state index in [1.165, 1.54) is 18.9 Å². The van der Waals surface area contributed by atoms with Crippen LogP contribution in [0.25, 0.3) is 6.08 Å². The Balaban J connectivity index is 2.51. The molecule has 0 aliphatic rings. The second-order valence-corrected chi connectivity index (χ2v) is 6.12. The van der Waals surface area contributed by atoms with Crippen molar-refractivity contribution in [1.29, 1.82) is 0 Å². The van der Waals surface area contributed by atoms with E-state index < -0.39 is 0 Å². The van der Waals surface area contributed by atoms with E-state index in [-0.39, 0.29) is 5.97 Å². The summed E-state index contributed by atoms with van der Waals surface area (Å²) in [4.78, 5) is 11.9. The van der Waals surface area contributed by atoms with E-state index in [9.17, 15) is 4.79 Å². The molecule has 1 unspecified atom stereocenters. The van der Waals surface area contributed by atoms with Crippen LogP contribution < -0.4 is 4.74 Å². The first-order valence-corrected chi connectivity index (χ1v) is 9.27. The Morgan fingerprint density at radius 2 is 1.88 bits per heavy atom. The summed E-state index contributed by atoms with van der Waals surface area (Å²) in [7, 11) is 0. The van der Waals surface area contributed by atoms with Crippen molar-refractivity contribution in [2.45, 2.75) is 59.3 Å². The fourth-order valence-electron chi connectivity index (χ4n) is 2.38. The number of unbranched alkanes of at least 4 members (excludes halogenated alkanes) is 2. The number of ether oxygens (including phenoxy) is 2. The smallest absolute Gasteiger partial charge is 0.330 e. The van der Waals surface area contributed by atoms with E-state index in [1.54, 1.807) is 6.08 Å². The third-order valence-electron chi connectivity index (χ3n) is 4.08. The number of esters is 1. The zero-order valence-electron chi connectivity index (χ0n) is 15.4. The second kappa shape index (κ2) is 12.6. The highest BCUT2D eigenvalue weighted by atomic mass is 16.5. The van der Waals surface area contributed by atoms with E-state index in [0.717, 1.165) is 37.0 Å². The van der Waals surface area contributed by atoms with Crippen molar-refractivity contribution >= 4 is 12.0 Å². The Morgan fingerprint density at radius 3 is 2.58 bits per heavy atom. The Labute approximate surface area is 147 Å². The van der Waals surface area contributed by atoms with Crippen LogP contribution in [0.1, 0.15) is 64.9 Å². The fourth-order valence-corrected chi connectivity index (χ4v) is 2.38. The second-order valence-electron chi connectivity index (χ2n) is 6.12. The highest BCUT2D eigenvalue weighted by Gasteiger charge is 2.08. The Bertz CT molecular complexity index is 494. The van der Waals surface area contributed by atoms with Gasteiger partial charge in [0.15, 0.2) is 0 Å². The summed E-state index contributed by atoms with van der Waals surface area (Å²) in [5.74, 6) is 0.990. The number of hydrogen-bond donors (Lipinski definition) is 0. The van der Waals surface area contributed by atoms with Gasteiger partial charge >= 0.3 is 5.97 Å². The summed E-state index contributed by atoms with van der Waals surface area (Å²) in [6.07, 6.45) is 9.93. The van der Waals surface area contributed by atoms with Crippen molar-refractivity contribution in [3.05, 3.63) is 35.9 Å². The van der Waals surface area contributed by atoms with E-state index in [1.807, 2.05) is 24.3 Å². The minimum atomic E-state index is -0.284. The molecule has 0 aliphatic carbocycles. The Hall–Kier alpha value is -1.77. The van der Waals surface area contributed by atoms with Crippen molar-refractivity contribution < 1.29 is 14.3 Å². The van der Waals surface area contributed by atoms with Gasteiger partial charge in [-0.05, 0) is 30.9 Å². The number of rotatable bonds is 12. The van der Waals surface area contributed by atoms with E-state index >= 15 is 0 Å². The molecule has 1 rings (SSSR count). The maximum atomic E-state index is 11.9. The first-order valence-electron chi connectivity index (χ1n) is 9.27.